The number of carbonyl (C=O) groups excluding carboxylic acids is 1. The van der Waals surface area contributed by atoms with Gasteiger partial charge in [0.1, 0.15) is 12.4 Å². The van der Waals surface area contributed by atoms with Crippen molar-refractivity contribution in [2.75, 3.05) is 13.2 Å². The number of hydrogen-bond acceptors (Lipinski definition) is 2. The van der Waals surface area contributed by atoms with E-state index >= 15 is 0 Å². The Hall–Kier alpha value is -3.59. The third-order valence-electron chi connectivity index (χ3n) is 3.98. The molecule has 0 heterocycles. The maximum absolute atomic E-state index is 13.4. The quantitative estimate of drug-likeness (QED) is 0.658. The van der Waals surface area contributed by atoms with Gasteiger partial charge < -0.3 is 15.4 Å². The van der Waals surface area contributed by atoms with E-state index in [-0.39, 0.29) is 24.9 Å². The van der Waals surface area contributed by atoms with Crippen molar-refractivity contribution >= 4 is 16.8 Å². The topological polar surface area (TPSA) is 50.4 Å². The Labute approximate surface area is 161 Å². The Morgan fingerprint density at radius 3 is 2.64 bits per heavy atom. The third-order valence-corrected chi connectivity index (χ3v) is 3.98. The van der Waals surface area contributed by atoms with Crippen LogP contribution in [0.1, 0.15) is 5.56 Å². The predicted octanol–water partition coefficient (Wildman–Crippen LogP) is 4.00. The number of rotatable bonds is 5. The van der Waals surface area contributed by atoms with Gasteiger partial charge in [-0.2, -0.15) is 0 Å². The number of nitrogens with one attached hydrogen (secondary N) is 2. The maximum atomic E-state index is 13.4. The standard InChI is InChI=1S/C22H18F2N2O2/c23-18-10-11-21(20(24)14-18)28-13-4-3-12-25-22(27)26-15-17-8-5-7-16-6-1-2-9-19(16)17/h1-2,5-11,14H,12-13,15H2,(H2,25,26,27). The Bertz CT molecular complexity index is 1040. The molecule has 2 amide bonds. The van der Waals surface area contributed by atoms with Crippen molar-refractivity contribution in [3.63, 3.8) is 0 Å². The Morgan fingerprint density at radius 2 is 1.79 bits per heavy atom. The normalized spacial score (nSPS) is 10.1. The summed E-state index contributed by atoms with van der Waals surface area (Å²) in [5.74, 6) is 3.83. The first-order valence-electron chi connectivity index (χ1n) is 8.65. The summed E-state index contributed by atoms with van der Waals surface area (Å²) in [6, 6.07) is 16.6. The highest BCUT2D eigenvalue weighted by molar-refractivity contribution is 5.86. The van der Waals surface area contributed by atoms with Gasteiger partial charge in [-0.1, -0.05) is 54.3 Å². The lowest BCUT2D eigenvalue weighted by atomic mass is 10.0. The number of benzene rings is 3. The Morgan fingerprint density at radius 1 is 0.964 bits per heavy atom. The molecule has 0 atom stereocenters. The smallest absolute Gasteiger partial charge is 0.315 e. The molecular weight excluding hydrogens is 362 g/mol. The van der Waals surface area contributed by atoms with Crippen LogP contribution in [0.25, 0.3) is 10.8 Å². The number of halogens is 2. The molecular formula is C22H18F2N2O2. The SMILES string of the molecule is O=C(NCC#CCOc1ccc(F)cc1F)NCc1cccc2ccccc12. The molecule has 3 rings (SSSR count). The second kappa shape index (κ2) is 9.38. The molecule has 3 aromatic rings. The molecule has 3 aromatic carbocycles. The maximum Gasteiger partial charge on any atom is 0.315 e. The van der Waals surface area contributed by atoms with Crippen LogP contribution in [0.2, 0.25) is 0 Å². The molecule has 0 saturated heterocycles. The van der Waals surface area contributed by atoms with E-state index in [1.54, 1.807) is 0 Å². The van der Waals surface area contributed by atoms with Gasteiger partial charge in [0, 0.05) is 12.6 Å². The van der Waals surface area contributed by atoms with Crippen molar-refractivity contribution in [2.24, 2.45) is 0 Å². The monoisotopic (exact) mass is 380 g/mol. The van der Waals surface area contributed by atoms with Crippen LogP contribution < -0.4 is 15.4 Å². The van der Waals surface area contributed by atoms with Crippen LogP contribution in [-0.2, 0) is 6.54 Å². The molecule has 0 aliphatic rings. The summed E-state index contributed by atoms with van der Waals surface area (Å²) in [7, 11) is 0. The largest absolute Gasteiger partial charge is 0.478 e. The molecule has 0 radical (unpaired) electrons. The molecule has 0 fully saturated rings. The average Bonchev–Trinajstić information content (AvgIpc) is 2.70. The van der Waals surface area contributed by atoms with Crippen LogP contribution >= 0.6 is 0 Å². The lowest BCUT2D eigenvalue weighted by molar-refractivity contribution is 0.241. The van der Waals surface area contributed by atoms with Gasteiger partial charge in [0.15, 0.2) is 11.6 Å². The van der Waals surface area contributed by atoms with E-state index in [2.05, 4.69) is 22.5 Å². The van der Waals surface area contributed by atoms with Crippen LogP contribution in [0.15, 0.2) is 60.7 Å². The molecule has 0 bridgehead atoms. The Kier molecular flexibility index (Phi) is 6.42. The summed E-state index contributed by atoms with van der Waals surface area (Å²) in [6.45, 7) is 0.450. The minimum Gasteiger partial charge on any atom is -0.478 e. The highest BCUT2D eigenvalue weighted by Gasteiger charge is 2.04. The lowest BCUT2D eigenvalue weighted by Gasteiger charge is -2.08. The molecule has 0 spiro atoms. The van der Waals surface area contributed by atoms with Crippen LogP contribution in [-0.4, -0.2) is 19.2 Å². The zero-order valence-corrected chi connectivity index (χ0v) is 15.0. The van der Waals surface area contributed by atoms with Gasteiger partial charge in [-0.3, -0.25) is 0 Å². The van der Waals surface area contributed by atoms with E-state index in [9.17, 15) is 13.6 Å². The van der Waals surface area contributed by atoms with E-state index in [4.69, 9.17) is 4.74 Å². The molecule has 0 aliphatic carbocycles. The number of urea groups is 1. The van der Waals surface area contributed by atoms with E-state index in [0.29, 0.717) is 6.54 Å². The van der Waals surface area contributed by atoms with E-state index in [1.165, 1.54) is 6.07 Å². The van der Waals surface area contributed by atoms with Crippen molar-refractivity contribution < 1.29 is 18.3 Å². The van der Waals surface area contributed by atoms with Gasteiger partial charge in [0.05, 0.1) is 6.54 Å². The summed E-state index contributed by atoms with van der Waals surface area (Å²) in [4.78, 5) is 11.9. The molecule has 6 heteroatoms. The second-order valence-electron chi connectivity index (χ2n) is 5.89. The zero-order valence-electron chi connectivity index (χ0n) is 15.0. The van der Waals surface area contributed by atoms with Crippen molar-refractivity contribution in [3.8, 4) is 17.6 Å². The molecule has 0 aromatic heterocycles. The van der Waals surface area contributed by atoms with Gasteiger partial charge in [0.2, 0.25) is 0 Å². The number of fused-ring (bicyclic) bond motifs is 1. The van der Waals surface area contributed by atoms with Crippen molar-refractivity contribution in [1.29, 1.82) is 0 Å². The summed E-state index contributed by atoms with van der Waals surface area (Å²) in [6.07, 6.45) is 0. The Balaban J connectivity index is 1.41. The number of hydrogen-bond donors (Lipinski definition) is 2. The van der Waals surface area contributed by atoms with Gasteiger partial charge in [-0.05, 0) is 28.5 Å². The van der Waals surface area contributed by atoms with Crippen molar-refractivity contribution in [2.45, 2.75) is 6.54 Å². The van der Waals surface area contributed by atoms with Crippen molar-refractivity contribution in [3.05, 3.63) is 77.9 Å². The zero-order chi connectivity index (χ0) is 19.8. The summed E-state index contributed by atoms with van der Waals surface area (Å²) in [5, 5.41) is 7.61. The molecule has 0 aliphatic heterocycles. The molecule has 142 valence electrons. The van der Waals surface area contributed by atoms with Gasteiger partial charge in [0.25, 0.3) is 0 Å². The van der Waals surface area contributed by atoms with Crippen molar-refractivity contribution in [1.82, 2.24) is 10.6 Å². The van der Waals surface area contributed by atoms with E-state index < -0.39 is 11.6 Å². The number of ether oxygens (including phenoxy) is 1. The number of carbonyl (C=O) groups is 1. The first kappa shape index (κ1) is 19.2. The molecule has 2 N–H and O–H groups in total. The van der Waals surface area contributed by atoms with Gasteiger partial charge in [-0.25, -0.2) is 13.6 Å². The van der Waals surface area contributed by atoms with Gasteiger partial charge >= 0.3 is 6.03 Å². The van der Waals surface area contributed by atoms with Crippen LogP contribution in [0, 0.1) is 23.5 Å². The fourth-order valence-corrected chi connectivity index (χ4v) is 2.63. The molecule has 28 heavy (non-hydrogen) atoms. The fourth-order valence-electron chi connectivity index (χ4n) is 2.63. The summed E-state index contributed by atoms with van der Waals surface area (Å²) < 4.78 is 31.3. The molecule has 4 nitrogen and oxygen atoms in total. The predicted molar refractivity (Wildman–Crippen MR) is 104 cm³/mol. The summed E-state index contributed by atoms with van der Waals surface area (Å²) in [5.41, 5.74) is 1.02. The first-order chi connectivity index (χ1) is 13.6. The average molecular weight is 380 g/mol. The van der Waals surface area contributed by atoms with Crippen LogP contribution in [0.4, 0.5) is 13.6 Å². The van der Waals surface area contributed by atoms with Crippen LogP contribution in [0.5, 0.6) is 5.75 Å². The first-order valence-corrected chi connectivity index (χ1v) is 8.65. The highest BCUT2D eigenvalue weighted by atomic mass is 19.1. The summed E-state index contributed by atoms with van der Waals surface area (Å²) >= 11 is 0. The lowest BCUT2D eigenvalue weighted by Crippen LogP contribution is -2.35. The van der Waals surface area contributed by atoms with E-state index in [1.807, 2.05) is 42.5 Å². The fraction of sp³-hybridized carbons (Fsp3) is 0.136. The highest BCUT2D eigenvalue weighted by Crippen LogP contribution is 2.18. The van der Waals surface area contributed by atoms with Gasteiger partial charge in [-0.15, -0.1) is 0 Å². The third kappa shape index (κ3) is 5.21. The minimum atomic E-state index is -0.785. The number of amides is 2. The van der Waals surface area contributed by atoms with Crippen LogP contribution in [0.3, 0.4) is 0 Å². The second-order valence-corrected chi connectivity index (χ2v) is 5.89. The minimum absolute atomic E-state index is 0.0676. The molecule has 0 unspecified atom stereocenters. The molecule has 0 saturated carbocycles. The van der Waals surface area contributed by atoms with E-state index in [0.717, 1.165) is 28.5 Å².